The molecule has 2 aromatic carbocycles. The predicted molar refractivity (Wildman–Crippen MR) is 119 cm³/mol. The minimum atomic E-state index is -0.268. The monoisotopic (exact) mass is 426 g/mol. The average molecular weight is 426 g/mol. The van der Waals surface area contributed by atoms with Crippen LogP contribution in [-0.4, -0.2) is 30.6 Å². The van der Waals surface area contributed by atoms with Crippen molar-refractivity contribution in [3.05, 3.63) is 102 Å². The molecule has 5 rings (SSSR count). The van der Waals surface area contributed by atoms with E-state index in [-0.39, 0.29) is 11.7 Å². The lowest BCUT2D eigenvalue weighted by atomic mass is 10.1. The van der Waals surface area contributed by atoms with Crippen molar-refractivity contribution in [2.45, 2.75) is 13.3 Å². The summed E-state index contributed by atoms with van der Waals surface area (Å²) in [6, 6.07) is 17.6. The molecule has 0 atom stereocenters. The molecule has 8 heteroatoms. The van der Waals surface area contributed by atoms with Crippen LogP contribution in [0.1, 0.15) is 27.4 Å². The summed E-state index contributed by atoms with van der Waals surface area (Å²) < 4.78 is 15.6. The van der Waals surface area contributed by atoms with Gasteiger partial charge in [-0.1, -0.05) is 24.3 Å². The number of aromatic nitrogens is 5. The van der Waals surface area contributed by atoms with Gasteiger partial charge in [0.2, 0.25) is 0 Å². The SMILES string of the molecule is Cc1c(C(=O)Nc2ccc3nc(Cc4ccccc4F)[nH]c3c2)cnn1-c1ccccn1. The Balaban J connectivity index is 1.36. The van der Waals surface area contributed by atoms with Gasteiger partial charge in [-0.3, -0.25) is 4.79 Å². The second-order valence-electron chi connectivity index (χ2n) is 7.38. The number of benzene rings is 2. The Bertz CT molecular complexity index is 1420. The highest BCUT2D eigenvalue weighted by molar-refractivity contribution is 6.05. The van der Waals surface area contributed by atoms with Crippen molar-refractivity contribution < 1.29 is 9.18 Å². The van der Waals surface area contributed by atoms with Crippen molar-refractivity contribution in [3.8, 4) is 5.82 Å². The van der Waals surface area contributed by atoms with E-state index in [1.54, 1.807) is 35.1 Å². The van der Waals surface area contributed by atoms with E-state index in [0.717, 1.165) is 11.0 Å². The van der Waals surface area contributed by atoms with Crippen LogP contribution in [0.25, 0.3) is 16.9 Å². The van der Waals surface area contributed by atoms with E-state index in [9.17, 15) is 9.18 Å². The second-order valence-corrected chi connectivity index (χ2v) is 7.38. The maximum absolute atomic E-state index is 13.9. The smallest absolute Gasteiger partial charge is 0.259 e. The van der Waals surface area contributed by atoms with Gasteiger partial charge in [0, 0.05) is 18.3 Å². The van der Waals surface area contributed by atoms with Crippen LogP contribution in [0.15, 0.2) is 73.1 Å². The standard InChI is InChI=1S/C24H19FN6O/c1-15-18(14-27-31(15)23-8-4-5-11-26-23)24(32)28-17-9-10-20-21(13-17)30-22(29-20)12-16-6-2-3-7-19(16)25/h2-11,13-14H,12H2,1H3,(H,28,32)(H,29,30). The molecule has 158 valence electrons. The summed E-state index contributed by atoms with van der Waals surface area (Å²) in [4.78, 5) is 24.9. The number of nitrogens with zero attached hydrogens (tertiary/aromatic N) is 4. The summed E-state index contributed by atoms with van der Waals surface area (Å²) in [6.07, 6.45) is 3.56. The van der Waals surface area contributed by atoms with Gasteiger partial charge >= 0.3 is 0 Å². The lowest BCUT2D eigenvalue weighted by Crippen LogP contribution is -2.13. The molecular formula is C24H19FN6O. The van der Waals surface area contributed by atoms with Crippen molar-refractivity contribution in [1.82, 2.24) is 24.7 Å². The van der Waals surface area contributed by atoms with Gasteiger partial charge in [-0.2, -0.15) is 5.10 Å². The maximum atomic E-state index is 13.9. The summed E-state index contributed by atoms with van der Waals surface area (Å²) in [5, 5.41) is 7.20. The molecule has 0 radical (unpaired) electrons. The Kier molecular flexibility index (Phi) is 4.95. The molecule has 0 fully saturated rings. The van der Waals surface area contributed by atoms with Crippen LogP contribution < -0.4 is 5.32 Å². The number of H-pyrrole nitrogens is 1. The van der Waals surface area contributed by atoms with Crippen molar-refractivity contribution >= 4 is 22.6 Å². The number of hydrogen-bond acceptors (Lipinski definition) is 4. The molecule has 0 saturated heterocycles. The zero-order chi connectivity index (χ0) is 22.1. The normalized spacial score (nSPS) is 11.1. The second kappa shape index (κ2) is 8.07. The van der Waals surface area contributed by atoms with Gasteiger partial charge in [-0.05, 0) is 48.9 Å². The predicted octanol–water partition coefficient (Wildman–Crippen LogP) is 4.43. The van der Waals surface area contributed by atoms with E-state index in [0.29, 0.717) is 40.6 Å². The van der Waals surface area contributed by atoms with Gasteiger partial charge in [0.25, 0.3) is 5.91 Å². The number of amides is 1. The number of aromatic amines is 1. The molecule has 1 amide bonds. The number of carbonyl (C=O) groups excluding carboxylic acids is 1. The molecule has 0 aliphatic carbocycles. The highest BCUT2D eigenvalue weighted by Crippen LogP contribution is 2.21. The van der Waals surface area contributed by atoms with Gasteiger partial charge in [-0.15, -0.1) is 0 Å². The van der Waals surface area contributed by atoms with Crippen LogP contribution in [0.2, 0.25) is 0 Å². The fourth-order valence-corrected chi connectivity index (χ4v) is 3.59. The molecule has 0 aliphatic rings. The summed E-state index contributed by atoms with van der Waals surface area (Å²) in [5.74, 6) is 0.768. The summed E-state index contributed by atoms with van der Waals surface area (Å²) in [7, 11) is 0. The number of nitrogens with one attached hydrogen (secondary N) is 2. The average Bonchev–Trinajstić information content (AvgIpc) is 3.38. The molecule has 7 nitrogen and oxygen atoms in total. The van der Waals surface area contributed by atoms with Crippen LogP contribution in [-0.2, 0) is 6.42 Å². The van der Waals surface area contributed by atoms with E-state index >= 15 is 0 Å². The molecule has 0 bridgehead atoms. The minimum Gasteiger partial charge on any atom is -0.342 e. The number of carbonyl (C=O) groups is 1. The van der Waals surface area contributed by atoms with Gasteiger partial charge in [0.1, 0.15) is 11.6 Å². The van der Waals surface area contributed by atoms with E-state index in [1.165, 1.54) is 12.3 Å². The quantitative estimate of drug-likeness (QED) is 0.435. The highest BCUT2D eigenvalue weighted by Gasteiger charge is 2.16. The van der Waals surface area contributed by atoms with Gasteiger partial charge in [-0.25, -0.2) is 19.0 Å². The third-order valence-corrected chi connectivity index (χ3v) is 5.23. The number of imidazole rings is 1. The van der Waals surface area contributed by atoms with Gasteiger partial charge in [0.15, 0.2) is 5.82 Å². The van der Waals surface area contributed by atoms with Crippen molar-refractivity contribution in [2.24, 2.45) is 0 Å². The fraction of sp³-hybridized carbons (Fsp3) is 0.0833. The van der Waals surface area contributed by atoms with Crippen LogP contribution >= 0.6 is 0 Å². The first-order valence-corrected chi connectivity index (χ1v) is 10.1. The number of pyridine rings is 1. The Morgan fingerprint density at radius 2 is 1.97 bits per heavy atom. The molecule has 5 aromatic rings. The molecule has 3 heterocycles. The fourth-order valence-electron chi connectivity index (χ4n) is 3.59. The molecule has 0 aliphatic heterocycles. The van der Waals surface area contributed by atoms with E-state index in [2.05, 4.69) is 25.4 Å². The zero-order valence-corrected chi connectivity index (χ0v) is 17.2. The van der Waals surface area contributed by atoms with Gasteiger partial charge in [0.05, 0.1) is 28.5 Å². The first-order valence-electron chi connectivity index (χ1n) is 10.1. The number of halogens is 1. The number of hydrogen-bond donors (Lipinski definition) is 2. The minimum absolute atomic E-state index is 0.262. The Hall–Kier alpha value is -4.33. The van der Waals surface area contributed by atoms with E-state index in [1.807, 2.05) is 37.3 Å². The van der Waals surface area contributed by atoms with Crippen molar-refractivity contribution in [3.63, 3.8) is 0 Å². The molecule has 32 heavy (non-hydrogen) atoms. The molecule has 2 N–H and O–H groups in total. The van der Waals surface area contributed by atoms with Crippen molar-refractivity contribution in [1.29, 1.82) is 0 Å². The number of anilines is 1. The van der Waals surface area contributed by atoms with Crippen LogP contribution in [0.3, 0.4) is 0 Å². The first kappa shape index (κ1) is 19.6. The molecule has 0 saturated carbocycles. The Morgan fingerprint density at radius 1 is 1.12 bits per heavy atom. The van der Waals surface area contributed by atoms with Gasteiger partial charge < -0.3 is 10.3 Å². The molecule has 0 spiro atoms. The Morgan fingerprint density at radius 3 is 2.78 bits per heavy atom. The molecule has 0 unspecified atom stereocenters. The highest BCUT2D eigenvalue weighted by atomic mass is 19.1. The summed E-state index contributed by atoms with van der Waals surface area (Å²) in [5.41, 5.74) is 3.84. The molecule has 3 aromatic heterocycles. The van der Waals surface area contributed by atoms with Crippen LogP contribution in [0, 0.1) is 12.7 Å². The molecular weight excluding hydrogens is 407 g/mol. The third kappa shape index (κ3) is 3.74. The number of fused-ring (bicyclic) bond motifs is 1. The Labute approximate surface area is 183 Å². The lowest BCUT2D eigenvalue weighted by Gasteiger charge is -2.06. The number of rotatable bonds is 5. The van der Waals surface area contributed by atoms with E-state index < -0.39 is 0 Å². The van der Waals surface area contributed by atoms with E-state index in [4.69, 9.17) is 0 Å². The third-order valence-electron chi connectivity index (χ3n) is 5.23. The first-order chi connectivity index (χ1) is 15.6. The largest absolute Gasteiger partial charge is 0.342 e. The maximum Gasteiger partial charge on any atom is 0.259 e. The van der Waals surface area contributed by atoms with Crippen molar-refractivity contribution in [2.75, 3.05) is 5.32 Å². The summed E-state index contributed by atoms with van der Waals surface area (Å²) in [6.45, 7) is 1.82. The van der Waals surface area contributed by atoms with Crippen LogP contribution in [0.5, 0.6) is 0 Å². The summed E-state index contributed by atoms with van der Waals surface area (Å²) >= 11 is 0. The van der Waals surface area contributed by atoms with Crippen LogP contribution in [0.4, 0.5) is 10.1 Å². The zero-order valence-electron chi connectivity index (χ0n) is 17.2. The lowest BCUT2D eigenvalue weighted by molar-refractivity contribution is 0.102. The topological polar surface area (TPSA) is 88.5 Å².